The summed E-state index contributed by atoms with van der Waals surface area (Å²) in [6.45, 7) is 8.19. The fourth-order valence-corrected chi connectivity index (χ4v) is 4.42. The van der Waals surface area contributed by atoms with Gasteiger partial charge in [0.05, 0.1) is 6.61 Å². The molecule has 0 radical (unpaired) electrons. The number of hydrogen-bond donors (Lipinski definition) is 2. The summed E-state index contributed by atoms with van der Waals surface area (Å²) < 4.78 is 0. The van der Waals surface area contributed by atoms with Crippen LogP contribution in [0.3, 0.4) is 0 Å². The zero-order valence-corrected chi connectivity index (χ0v) is 14.2. The summed E-state index contributed by atoms with van der Waals surface area (Å²) in [5.74, 6) is 1.64. The van der Waals surface area contributed by atoms with E-state index in [1.165, 1.54) is 57.9 Å². The lowest BCUT2D eigenvalue weighted by atomic mass is 9.78. The van der Waals surface area contributed by atoms with Gasteiger partial charge in [0.1, 0.15) is 0 Å². The molecule has 3 nitrogen and oxygen atoms in total. The van der Waals surface area contributed by atoms with Crippen LogP contribution < -0.4 is 5.32 Å². The minimum atomic E-state index is 0.311. The molecule has 0 spiro atoms. The van der Waals surface area contributed by atoms with Crippen molar-refractivity contribution in [3.8, 4) is 0 Å². The Bertz CT molecular complexity index is 276. The van der Waals surface area contributed by atoms with Gasteiger partial charge >= 0.3 is 0 Å². The SMILES string of the molecule is CCCNC1CCC(C)CC1CN(CCO)C1CCCC1. The Hall–Kier alpha value is -0.120. The molecule has 3 unspecified atom stereocenters. The molecular formula is C18H36N2O. The standard InChI is InChI=1S/C18H36N2O/c1-3-10-19-18-9-8-15(2)13-16(18)14-20(11-12-21)17-6-4-5-7-17/h15-19,21H,3-14H2,1-2H3. The van der Waals surface area contributed by atoms with Crippen LogP contribution in [-0.4, -0.2) is 48.3 Å². The Morgan fingerprint density at radius 2 is 1.90 bits per heavy atom. The van der Waals surface area contributed by atoms with E-state index in [1.54, 1.807) is 0 Å². The fraction of sp³-hybridized carbons (Fsp3) is 1.00. The van der Waals surface area contributed by atoms with Gasteiger partial charge in [0.25, 0.3) is 0 Å². The van der Waals surface area contributed by atoms with Crippen molar-refractivity contribution in [3.63, 3.8) is 0 Å². The molecule has 0 amide bonds. The molecule has 0 heterocycles. The van der Waals surface area contributed by atoms with Crippen LogP contribution >= 0.6 is 0 Å². The monoisotopic (exact) mass is 296 g/mol. The first-order chi connectivity index (χ1) is 10.2. The van der Waals surface area contributed by atoms with Gasteiger partial charge in [-0.1, -0.05) is 26.7 Å². The van der Waals surface area contributed by atoms with Gasteiger partial charge in [0.15, 0.2) is 0 Å². The second-order valence-corrected chi connectivity index (χ2v) is 7.40. The van der Waals surface area contributed by atoms with Crippen LogP contribution in [0.4, 0.5) is 0 Å². The highest BCUT2D eigenvalue weighted by Gasteiger charge is 2.32. The normalized spacial score (nSPS) is 31.1. The van der Waals surface area contributed by atoms with Gasteiger partial charge in [0, 0.05) is 25.2 Å². The summed E-state index contributed by atoms with van der Waals surface area (Å²) >= 11 is 0. The van der Waals surface area contributed by atoms with E-state index >= 15 is 0 Å². The molecular weight excluding hydrogens is 260 g/mol. The first kappa shape index (κ1) is 17.2. The smallest absolute Gasteiger partial charge is 0.0558 e. The van der Waals surface area contributed by atoms with Crippen LogP contribution in [0.15, 0.2) is 0 Å². The molecule has 2 N–H and O–H groups in total. The predicted octanol–water partition coefficient (Wildman–Crippen LogP) is 3.03. The van der Waals surface area contributed by atoms with E-state index in [2.05, 4.69) is 24.1 Å². The highest BCUT2D eigenvalue weighted by atomic mass is 16.3. The molecule has 2 saturated carbocycles. The van der Waals surface area contributed by atoms with E-state index in [0.29, 0.717) is 12.6 Å². The maximum Gasteiger partial charge on any atom is 0.0558 e. The molecule has 0 aromatic heterocycles. The first-order valence-corrected chi connectivity index (χ1v) is 9.32. The summed E-state index contributed by atoms with van der Waals surface area (Å²) in [5.41, 5.74) is 0. The van der Waals surface area contributed by atoms with E-state index in [9.17, 15) is 5.11 Å². The summed E-state index contributed by atoms with van der Waals surface area (Å²) in [5, 5.41) is 13.2. The molecule has 3 heteroatoms. The third-order valence-corrected chi connectivity index (χ3v) is 5.60. The van der Waals surface area contributed by atoms with Gasteiger partial charge in [-0.15, -0.1) is 0 Å². The van der Waals surface area contributed by atoms with Crippen LogP contribution in [0, 0.1) is 11.8 Å². The van der Waals surface area contributed by atoms with Gasteiger partial charge in [-0.05, 0) is 56.9 Å². The number of aliphatic hydroxyl groups is 1. The Morgan fingerprint density at radius 3 is 2.57 bits per heavy atom. The summed E-state index contributed by atoms with van der Waals surface area (Å²) in [7, 11) is 0. The summed E-state index contributed by atoms with van der Waals surface area (Å²) in [6.07, 6.45) is 10.7. The molecule has 0 aromatic rings. The molecule has 3 atom stereocenters. The molecule has 0 aromatic carbocycles. The van der Waals surface area contributed by atoms with Crippen molar-refractivity contribution in [1.29, 1.82) is 0 Å². The van der Waals surface area contributed by atoms with Crippen LogP contribution in [0.5, 0.6) is 0 Å². The zero-order chi connectivity index (χ0) is 15.1. The Labute approximate surface area is 131 Å². The lowest BCUT2D eigenvalue weighted by molar-refractivity contribution is 0.0956. The van der Waals surface area contributed by atoms with Crippen molar-refractivity contribution in [2.45, 2.75) is 77.3 Å². The third-order valence-electron chi connectivity index (χ3n) is 5.60. The average molecular weight is 296 g/mol. The number of nitrogens with zero attached hydrogens (tertiary/aromatic N) is 1. The Morgan fingerprint density at radius 1 is 1.14 bits per heavy atom. The zero-order valence-electron chi connectivity index (χ0n) is 14.2. The highest BCUT2D eigenvalue weighted by molar-refractivity contribution is 4.88. The number of nitrogens with one attached hydrogen (secondary N) is 1. The molecule has 0 bridgehead atoms. The van der Waals surface area contributed by atoms with Gasteiger partial charge in [-0.3, -0.25) is 4.90 Å². The Balaban J connectivity index is 1.93. The molecule has 2 aliphatic rings. The van der Waals surface area contributed by atoms with Crippen molar-refractivity contribution in [2.24, 2.45) is 11.8 Å². The first-order valence-electron chi connectivity index (χ1n) is 9.32. The number of hydrogen-bond acceptors (Lipinski definition) is 3. The Kier molecular flexibility index (Phi) is 7.48. The molecule has 2 aliphatic carbocycles. The van der Waals surface area contributed by atoms with Gasteiger partial charge in [0.2, 0.25) is 0 Å². The largest absolute Gasteiger partial charge is 0.395 e. The van der Waals surface area contributed by atoms with Gasteiger partial charge in [-0.2, -0.15) is 0 Å². The minimum Gasteiger partial charge on any atom is -0.395 e. The molecule has 2 rings (SSSR count). The molecule has 0 aliphatic heterocycles. The van der Waals surface area contributed by atoms with Crippen molar-refractivity contribution in [1.82, 2.24) is 10.2 Å². The van der Waals surface area contributed by atoms with E-state index in [-0.39, 0.29) is 0 Å². The van der Waals surface area contributed by atoms with E-state index in [1.807, 2.05) is 0 Å². The van der Waals surface area contributed by atoms with Crippen molar-refractivity contribution < 1.29 is 5.11 Å². The highest BCUT2D eigenvalue weighted by Crippen LogP contribution is 2.32. The van der Waals surface area contributed by atoms with Gasteiger partial charge < -0.3 is 10.4 Å². The topological polar surface area (TPSA) is 35.5 Å². The number of rotatable bonds is 8. The lowest BCUT2D eigenvalue weighted by Gasteiger charge is -2.40. The molecule has 124 valence electrons. The summed E-state index contributed by atoms with van der Waals surface area (Å²) in [6, 6.07) is 1.44. The van der Waals surface area contributed by atoms with E-state index in [4.69, 9.17) is 0 Å². The molecule has 21 heavy (non-hydrogen) atoms. The maximum atomic E-state index is 9.43. The molecule has 2 fully saturated rings. The summed E-state index contributed by atoms with van der Waals surface area (Å²) in [4.78, 5) is 2.61. The van der Waals surface area contributed by atoms with E-state index < -0.39 is 0 Å². The van der Waals surface area contributed by atoms with Crippen molar-refractivity contribution in [2.75, 3.05) is 26.2 Å². The number of aliphatic hydroxyl groups excluding tert-OH is 1. The van der Waals surface area contributed by atoms with Crippen molar-refractivity contribution >= 4 is 0 Å². The quantitative estimate of drug-likeness (QED) is 0.723. The maximum absolute atomic E-state index is 9.43. The molecule has 0 saturated heterocycles. The van der Waals surface area contributed by atoms with Crippen LogP contribution in [-0.2, 0) is 0 Å². The van der Waals surface area contributed by atoms with E-state index in [0.717, 1.165) is 31.0 Å². The third kappa shape index (κ3) is 5.22. The predicted molar refractivity (Wildman–Crippen MR) is 89.5 cm³/mol. The average Bonchev–Trinajstić information content (AvgIpc) is 3.00. The van der Waals surface area contributed by atoms with Gasteiger partial charge in [-0.25, -0.2) is 0 Å². The minimum absolute atomic E-state index is 0.311. The van der Waals surface area contributed by atoms with Crippen molar-refractivity contribution in [3.05, 3.63) is 0 Å². The fourth-order valence-electron chi connectivity index (χ4n) is 4.42. The second kappa shape index (κ2) is 9.12. The van der Waals surface area contributed by atoms with Crippen LogP contribution in [0.2, 0.25) is 0 Å². The lowest BCUT2D eigenvalue weighted by Crippen LogP contribution is -2.48. The van der Waals surface area contributed by atoms with Crippen LogP contribution in [0.25, 0.3) is 0 Å². The second-order valence-electron chi connectivity index (χ2n) is 7.40. The van der Waals surface area contributed by atoms with Crippen LogP contribution in [0.1, 0.15) is 65.2 Å².